The van der Waals surface area contributed by atoms with Gasteiger partial charge in [-0.1, -0.05) is 18.2 Å². The summed E-state index contributed by atoms with van der Waals surface area (Å²) in [6.45, 7) is 1.51. The Hall–Kier alpha value is -2.38. The van der Waals surface area contributed by atoms with Crippen LogP contribution in [0.2, 0.25) is 0 Å². The number of β-amino-alcohol motifs (C(OH)–C–C–N with tert-alkyl or cyclic N) is 1. The van der Waals surface area contributed by atoms with Crippen molar-refractivity contribution in [2.24, 2.45) is 7.05 Å². The molecule has 1 fully saturated rings. The number of anilines is 1. The number of nitrogens with one attached hydrogen (secondary N) is 1. The number of hydrogen-bond donors (Lipinski definition) is 2. The summed E-state index contributed by atoms with van der Waals surface area (Å²) >= 11 is 0. The van der Waals surface area contributed by atoms with Gasteiger partial charge in [0.25, 0.3) is 0 Å². The molecule has 1 aliphatic rings. The standard InChI is InChI=1S/C17H22N4O3/c1-20-9-7-15(19-20)18-16(22)11-21-10-8-17(23,12-21)13-24-14-5-3-2-4-6-14/h2-7,9,23H,8,10-13H2,1H3,(H,18,19,22). The predicted molar refractivity (Wildman–Crippen MR) is 89.8 cm³/mol. The maximum absolute atomic E-state index is 12.1. The van der Waals surface area contributed by atoms with Gasteiger partial charge in [0.2, 0.25) is 5.91 Å². The topological polar surface area (TPSA) is 79.6 Å². The molecule has 0 saturated carbocycles. The zero-order valence-electron chi connectivity index (χ0n) is 13.7. The molecule has 7 heteroatoms. The number of benzene rings is 1. The van der Waals surface area contributed by atoms with Crippen LogP contribution >= 0.6 is 0 Å². The fourth-order valence-electron chi connectivity index (χ4n) is 2.79. The van der Waals surface area contributed by atoms with E-state index in [0.717, 1.165) is 5.75 Å². The number of rotatable bonds is 6. The molecule has 2 aromatic rings. The molecule has 128 valence electrons. The van der Waals surface area contributed by atoms with E-state index in [9.17, 15) is 9.90 Å². The van der Waals surface area contributed by atoms with Crippen molar-refractivity contribution in [1.82, 2.24) is 14.7 Å². The summed E-state index contributed by atoms with van der Waals surface area (Å²) < 4.78 is 7.28. The Morgan fingerprint density at radius 3 is 2.88 bits per heavy atom. The molecule has 1 amide bonds. The Balaban J connectivity index is 1.46. The first-order valence-electron chi connectivity index (χ1n) is 7.95. The molecule has 24 heavy (non-hydrogen) atoms. The van der Waals surface area contributed by atoms with E-state index in [1.807, 2.05) is 35.2 Å². The summed E-state index contributed by atoms with van der Waals surface area (Å²) in [5.74, 6) is 1.13. The van der Waals surface area contributed by atoms with Gasteiger partial charge in [-0.2, -0.15) is 5.10 Å². The van der Waals surface area contributed by atoms with Crippen molar-refractivity contribution in [1.29, 1.82) is 0 Å². The zero-order valence-corrected chi connectivity index (χ0v) is 13.7. The van der Waals surface area contributed by atoms with Crippen LogP contribution in [-0.4, -0.2) is 57.5 Å². The van der Waals surface area contributed by atoms with Crippen molar-refractivity contribution in [2.45, 2.75) is 12.0 Å². The molecule has 0 aliphatic carbocycles. The molecule has 1 atom stereocenters. The summed E-state index contributed by atoms with van der Waals surface area (Å²) in [5.41, 5.74) is -0.929. The van der Waals surface area contributed by atoms with Crippen LogP contribution < -0.4 is 10.1 Å². The molecule has 1 saturated heterocycles. The largest absolute Gasteiger partial charge is 0.491 e. The third kappa shape index (κ3) is 4.33. The number of nitrogens with zero attached hydrogens (tertiary/aromatic N) is 3. The molecule has 7 nitrogen and oxygen atoms in total. The molecule has 2 N–H and O–H groups in total. The van der Waals surface area contributed by atoms with Gasteiger partial charge >= 0.3 is 0 Å². The Labute approximate surface area is 140 Å². The number of carbonyl (C=O) groups is 1. The molecule has 1 aliphatic heterocycles. The molecule has 0 spiro atoms. The summed E-state index contributed by atoms with van der Waals surface area (Å²) in [7, 11) is 1.79. The van der Waals surface area contributed by atoms with Crippen molar-refractivity contribution >= 4 is 11.7 Å². The van der Waals surface area contributed by atoms with Crippen LogP contribution in [0.1, 0.15) is 6.42 Å². The van der Waals surface area contributed by atoms with E-state index in [0.29, 0.717) is 25.3 Å². The van der Waals surface area contributed by atoms with Gasteiger partial charge in [-0.3, -0.25) is 14.4 Å². The lowest BCUT2D eigenvalue weighted by molar-refractivity contribution is -0.117. The fraction of sp³-hybridized carbons (Fsp3) is 0.412. The second-order valence-corrected chi connectivity index (χ2v) is 6.21. The maximum atomic E-state index is 12.1. The molecule has 0 bridgehead atoms. The van der Waals surface area contributed by atoms with Crippen LogP contribution in [-0.2, 0) is 11.8 Å². The minimum atomic E-state index is -0.929. The lowest BCUT2D eigenvalue weighted by Crippen LogP contribution is -2.41. The number of hydrogen-bond acceptors (Lipinski definition) is 5. The third-order valence-electron chi connectivity index (χ3n) is 4.01. The maximum Gasteiger partial charge on any atom is 0.239 e. The van der Waals surface area contributed by atoms with Gasteiger partial charge in [-0.05, 0) is 18.6 Å². The van der Waals surface area contributed by atoms with Gasteiger partial charge in [-0.25, -0.2) is 0 Å². The highest BCUT2D eigenvalue weighted by molar-refractivity contribution is 5.91. The van der Waals surface area contributed by atoms with Gasteiger partial charge in [0.1, 0.15) is 18.0 Å². The van der Waals surface area contributed by atoms with Crippen molar-refractivity contribution in [3.63, 3.8) is 0 Å². The predicted octanol–water partition coefficient (Wildman–Crippen LogP) is 0.874. The van der Waals surface area contributed by atoms with Crippen LogP contribution in [0.25, 0.3) is 0 Å². The van der Waals surface area contributed by atoms with Crippen LogP contribution in [0.4, 0.5) is 5.82 Å². The molecule has 0 radical (unpaired) electrons. The van der Waals surface area contributed by atoms with Gasteiger partial charge in [0, 0.05) is 32.4 Å². The lowest BCUT2D eigenvalue weighted by atomic mass is 10.1. The van der Waals surface area contributed by atoms with Gasteiger partial charge in [0.05, 0.1) is 6.54 Å². The van der Waals surface area contributed by atoms with Crippen LogP contribution in [0.5, 0.6) is 5.75 Å². The molecular weight excluding hydrogens is 308 g/mol. The first-order chi connectivity index (χ1) is 11.5. The second-order valence-electron chi connectivity index (χ2n) is 6.21. The Morgan fingerprint density at radius 2 is 2.17 bits per heavy atom. The number of para-hydroxylation sites is 1. The van der Waals surface area contributed by atoms with E-state index >= 15 is 0 Å². The average Bonchev–Trinajstić information content (AvgIpc) is 3.13. The molecule has 2 heterocycles. The number of aliphatic hydroxyl groups is 1. The number of likely N-dealkylation sites (tertiary alicyclic amines) is 1. The molecule has 1 aromatic carbocycles. The summed E-state index contributed by atoms with van der Waals surface area (Å²) in [6.07, 6.45) is 2.35. The molecule has 3 rings (SSSR count). The van der Waals surface area contributed by atoms with Crippen molar-refractivity contribution in [2.75, 3.05) is 31.6 Å². The van der Waals surface area contributed by atoms with E-state index in [1.165, 1.54) is 0 Å². The number of aryl methyl sites for hydroxylation is 1. The SMILES string of the molecule is Cn1ccc(NC(=O)CN2CCC(O)(COc3ccccc3)C2)n1. The number of carbonyl (C=O) groups excluding carboxylic acids is 1. The zero-order chi connectivity index (χ0) is 17.0. The highest BCUT2D eigenvalue weighted by Gasteiger charge is 2.37. The Kier molecular flexibility index (Phi) is 4.82. The minimum Gasteiger partial charge on any atom is -0.491 e. The summed E-state index contributed by atoms with van der Waals surface area (Å²) in [6, 6.07) is 11.2. The monoisotopic (exact) mass is 330 g/mol. The smallest absolute Gasteiger partial charge is 0.239 e. The van der Waals surface area contributed by atoms with Crippen LogP contribution in [0.15, 0.2) is 42.6 Å². The van der Waals surface area contributed by atoms with E-state index < -0.39 is 5.60 Å². The summed E-state index contributed by atoms with van der Waals surface area (Å²) in [5, 5.41) is 17.5. The highest BCUT2D eigenvalue weighted by Crippen LogP contribution is 2.22. The first-order valence-corrected chi connectivity index (χ1v) is 7.95. The van der Waals surface area contributed by atoms with E-state index in [-0.39, 0.29) is 19.1 Å². The number of aromatic nitrogens is 2. The van der Waals surface area contributed by atoms with Crippen molar-refractivity contribution in [3.8, 4) is 5.75 Å². The van der Waals surface area contributed by atoms with E-state index in [1.54, 1.807) is 24.0 Å². The Bertz CT molecular complexity index is 688. The van der Waals surface area contributed by atoms with Crippen molar-refractivity contribution in [3.05, 3.63) is 42.6 Å². The quantitative estimate of drug-likeness (QED) is 0.822. The van der Waals surface area contributed by atoms with E-state index in [4.69, 9.17) is 4.74 Å². The first kappa shape index (κ1) is 16.5. The Morgan fingerprint density at radius 1 is 1.38 bits per heavy atom. The fourth-order valence-corrected chi connectivity index (χ4v) is 2.79. The van der Waals surface area contributed by atoms with E-state index in [2.05, 4.69) is 10.4 Å². The highest BCUT2D eigenvalue weighted by atomic mass is 16.5. The normalized spacial score (nSPS) is 20.9. The van der Waals surface area contributed by atoms with Crippen molar-refractivity contribution < 1.29 is 14.6 Å². The minimum absolute atomic E-state index is 0.137. The average molecular weight is 330 g/mol. The van der Waals surface area contributed by atoms with Gasteiger partial charge < -0.3 is 15.2 Å². The van der Waals surface area contributed by atoms with Crippen LogP contribution in [0, 0.1) is 0 Å². The second kappa shape index (κ2) is 7.02. The number of amides is 1. The molecular formula is C17H22N4O3. The molecule has 1 unspecified atom stereocenters. The van der Waals surface area contributed by atoms with Gasteiger partial charge in [0.15, 0.2) is 5.82 Å². The summed E-state index contributed by atoms with van der Waals surface area (Å²) in [4.78, 5) is 14.0. The number of ether oxygens (including phenoxy) is 1. The molecule has 1 aromatic heterocycles. The third-order valence-corrected chi connectivity index (χ3v) is 4.01. The van der Waals surface area contributed by atoms with Gasteiger partial charge in [-0.15, -0.1) is 0 Å². The van der Waals surface area contributed by atoms with Crippen LogP contribution in [0.3, 0.4) is 0 Å². The lowest BCUT2D eigenvalue weighted by Gasteiger charge is -2.23.